The lowest BCUT2D eigenvalue weighted by Crippen LogP contribution is -2.36. The van der Waals surface area contributed by atoms with Crippen LogP contribution in [0.4, 0.5) is 0 Å². The van der Waals surface area contributed by atoms with E-state index in [1.807, 2.05) is 6.08 Å². The van der Waals surface area contributed by atoms with E-state index in [2.05, 4.69) is 52.0 Å². The standard InChI is InChI=1S/C19H35NO2/c1-5-19(3,4)14-16(2)12-10-8-6-7-9-11-13-18(22)17(20)15-21/h6,8,10-13,16-18,21-22H,5,7,9,14-15,20H2,1-4H3/b8-6+,12-10+,13-11+/t16?,17-,18+/m0/s1. The lowest BCUT2D eigenvalue weighted by Gasteiger charge is -2.24. The smallest absolute Gasteiger partial charge is 0.0894 e. The molecular weight excluding hydrogens is 274 g/mol. The molecule has 0 spiro atoms. The molecule has 128 valence electrons. The summed E-state index contributed by atoms with van der Waals surface area (Å²) >= 11 is 0. The first kappa shape index (κ1) is 21.1. The fraction of sp³-hybridized carbons (Fsp3) is 0.684. The largest absolute Gasteiger partial charge is 0.395 e. The van der Waals surface area contributed by atoms with Crippen LogP contribution in [0.5, 0.6) is 0 Å². The van der Waals surface area contributed by atoms with Gasteiger partial charge in [-0.05, 0) is 30.6 Å². The summed E-state index contributed by atoms with van der Waals surface area (Å²) in [6.07, 6.45) is 15.6. The van der Waals surface area contributed by atoms with Crippen molar-refractivity contribution < 1.29 is 10.2 Å². The van der Waals surface area contributed by atoms with Crippen molar-refractivity contribution >= 4 is 0 Å². The molecule has 0 radical (unpaired) electrons. The van der Waals surface area contributed by atoms with Crippen molar-refractivity contribution in [1.82, 2.24) is 0 Å². The van der Waals surface area contributed by atoms with Crippen LogP contribution in [-0.4, -0.2) is 29.0 Å². The molecule has 0 aromatic heterocycles. The SMILES string of the molecule is CCC(C)(C)CC(C)/C=C/C=C/CC/C=C/[C@@H](O)[C@@H](N)CO. The molecule has 0 aliphatic carbocycles. The Morgan fingerprint density at radius 2 is 1.73 bits per heavy atom. The molecule has 3 nitrogen and oxygen atoms in total. The van der Waals surface area contributed by atoms with E-state index in [1.165, 1.54) is 12.8 Å². The number of nitrogens with two attached hydrogens (primary N) is 1. The number of aliphatic hydroxyl groups excluding tert-OH is 2. The summed E-state index contributed by atoms with van der Waals surface area (Å²) in [5, 5.41) is 18.3. The Morgan fingerprint density at radius 3 is 2.32 bits per heavy atom. The Kier molecular flexibility index (Phi) is 11.2. The van der Waals surface area contributed by atoms with Crippen LogP contribution in [0.3, 0.4) is 0 Å². The topological polar surface area (TPSA) is 66.5 Å². The highest BCUT2D eigenvalue weighted by Gasteiger charge is 2.16. The van der Waals surface area contributed by atoms with Gasteiger partial charge in [-0.25, -0.2) is 0 Å². The maximum Gasteiger partial charge on any atom is 0.0894 e. The summed E-state index contributed by atoms with van der Waals surface area (Å²) in [6.45, 7) is 8.93. The van der Waals surface area contributed by atoms with Crippen molar-refractivity contribution in [2.45, 2.75) is 65.5 Å². The van der Waals surface area contributed by atoms with Crippen molar-refractivity contribution in [3.05, 3.63) is 36.5 Å². The Bertz CT molecular complexity index is 358. The lowest BCUT2D eigenvalue weighted by molar-refractivity contribution is 0.144. The quantitative estimate of drug-likeness (QED) is 0.310. The van der Waals surface area contributed by atoms with Crippen LogP contribution in [0.15, 0.2) is 36.5 Å². The highest BCUT2D eigenvalue weighted by molar-refractivity contribution is 5.05. The zero-order valence-corrected chi connectivity index (χ0v) is 14.7. The predicted octanol–water partition coefficient (Wildman–Crippen LogP) is 3.58. The number of hydrogen-bond donors (Lipinski definition) is 3. The monoisotopic (exact) mass is 309 g/mol. The first-order chi connectivity index (χ1) is 10.3. The summed E-state index contributed by atoms with van der Waals surface area (Å²) < 4.78 is 0. The fourth-order valence-electron chi connectivity index (χ4n) is 2.19. The Morgan fingerprint density at radius 1 is 1.09 bits per heavy atom. The van der Waals surface area contributed by atoms with E-state index in [9.17, 15) is 5.11 Å². The van der Waals surface area contributed by atoms with Gasteiger partial charge in [0.1, 0.15) is 0 Å². The van der Waals surface area contributed by atoms with Crippen molar-refractivity contribution in [2.75, 3.05) is 6.61 Å². The van der Waals surface area contributed by atoms with Crippen LogP contribution in [-0.2, 0) is 0 Å². The molecule has 0 fully saturated rings. The molecule has 0 aromatic rings. The molecule has 22 heavy (non-hydrogen) atoms. The molecule has 0 aromatic carbocycles. The second kappa shape index (κ2) is 11.6. The van der Waals surface area contributed by atoms with Gasteiger partial charge in [-0.3, -0.25) is 0 Å². The highest BCUT2D eigenvalue weighted by atomic mass is 16.3. The first-order valence-corrected chi connectivity index (χ1v) is 8.37. The van der Waals surface area contributed by atoms with Gasteiger partial charge in [-0.1, -0.05) is 70.6 Å². The highest BCUT2D eigenvalue weighted by Crippen LogP contribution is 2.29. The molecule has 0 amide bonds. The van der Waals surface area contributed by atoms with Gasteiger partial charge < -0.3 is 15.9 Å². The van der Waals surface area contributed by atoms with Crippen LogP contribution >= 0.6 is 0 Å². The van der Waals surface area contributed by atoms with Gasteiger partial charge >= 0.3 is 0 Å². The van der Waals surface area contributed by atoms with Crippen molar-refractivity contribution in [3.63, 3.8) is 0 Å². The van der Waals surface area contributed by atoms with E-state index >= 15 is 0 Å². The lowest BCUT2D eigenvalue weighted by atomic mass is 9.81. The zero-order chi connectivity index (χ0) is 17.0. The third kappa shape index (κ3) is 10.8. The molecule has 4 N–H and O–H groups in total. The average Bonchev–Trinajstić information content (AvgIpc) is 2.48. The van der Waals surface area contributed by atoms with Crippen molar-refractivity contribution in [3.8, 4) is 0 Å². The number of hydrogen-bond acceptors (Lipinski definition) is 3. The minimum Gasteiger partial charge on any atom is -0.395 e. The zero-order valence-electron chi connectivity index (χ0n) is 14.7. The van der Waals surface area contributed by atoms with Gasteiger partial charge in [0.15, 0.2) is 0 Å². The van der Waals surface area contributed by atoms with Gasteiger partial charge in [0.05, 0.1) is 18.8 Å². The summed E-state index contributed by atoms with van der Waals surface area (Å²) in [4.78, 5) is 0. The summed E-state index contributed by atoms with van der Waals surface area (Å²) in [5.41, 5.74) is 5.92. The molecular formula is C19H35NO2. The number of allylic oxidation sites excluding steroid dienone is 5. The van der Waals surface area contributed by atoms with E-state index in [0.717, 1.165) is 12.8 Å². The molecule has 0 saturated heterocycles. The fourth-order valence-corrected chi connectivity index (χ4v) is 2.19. The van der Waals surface area contributed by atoms with Gasteiger partial charge in [-0.2, -0.15) is 0 Å². The van der Waals surface area contributed by atoms with E-state index < -0.39 is 12.1 Å². The van der Waals surface area contributed by atoms with E-state index in [-0.39, 0.29) is 6.61 Å². The van der Waals surface area contributed by atoms with E-state index in [1.54, 1.807) is 6.08 Å². The number of aliphatic hydroxyl groups is 2. The Hall–Kier alpha value is -0.900. The minimum atomic E-state index is -0.767. The van der Waals surface area contributed by atoms with Gasteiger partial charge in [0.2, 0.25) is 0 Å². The van der Waals surface area contributed by atoms with Crippen molar-refractivity contribution in [2.24, 2.45) is 17.1 Å². The average molecular weight is 309 g/mol. The normalized spacial score (nSPS) is 17.6. The maximum atomic E-state index is 9.53. The van der Waals surface area contributed by atoms with Crippen LogP contribution in [0.25, 0.3) is 0 Å². The predicted molar refractivity (Wildman–Crippen MR) is 95.6 cm³/mol. The molecule has 3 atom stereocenters. The molecule has 0 heterocycles. The molecule has 0 aliphatic heterocycles. The second-order valence-corrected chi connectivity index (χ2v) is 6.85. The minimum absolute atomic E-state index is 0.205. The summed E-state index contributed by atoms with van der Waals surface area (Å²) in [5.74, 6) is 0.592. The van der Waals surface area contributed by atoms with Crippen molar-refractivity contribution in [1.29, 1.82) is 0 Å². The van der Waals surface area contributed by atoms with Crippen LogP contribution in [0.2, 0.25) is 0 Å². The molecule has 0 saturated carbocycles. The van der Waals surface area contributed by atoms with E-state index in [0.29, 0.717) is 11.3 Å². The molecule has 0 bridgehead atoms. The first-order valence-electron chi connectivity index (χ1n) is 8.37. The third-order valence-corrected chi connectivity index (χ3v) is 4.00. The van der Waals surface area contributed by atoms with Gasteiger partial charge in [-0.15, -0.1) is 0 Å². The summed E-state index contributed by atoms with van der Waals surface area (Å²) in [7, 11) is 0. The maximum absolute atomic E-state index is 9.53. The molecule has 1 unspecified atom stereocenters. The number of unbranched alkanes of at least 4 members (excludes halogenated alkanes) is 1. The second-order valence-electron chi connectivity index (χ2n) is 6.85. The van der Waals surface area contributed by atoms with Gasteiger partial charge in [0, 0.05) is 0 Å². The Labute approximate surface area is 136 Å². The van der Waals surface area contributed by atoms with Gasteiger partial charge in [0.25, 0.3) is 0 Å². The third-order valence-electron chi connectivity index (χ3n) is 4.00. The molecule has 0 rings (SSSR count). The molecule has 3 heteroatoms. The van der Waals surface area contributed by atoms with Crippen LogP contribution < -0.4 is 5.73 Å². The molecule has 0 aliphatic rings. The van der Waals surface area contributed by atoms with Crippen LogP contribution in [0.1, 0.15) is 53.4 Å². The van der Waals surface area contributed by atoms with E-state index in [4.69, 9.17) is 10.8 Å². The number of rotatable bonds is 11. The summed E-state index contributed by atoms with van der Waals surface area (Å²) in [6, 6.07) is -0.594. The van der Waals surface area contributed by atoms with Crippen LogP contribution in [0, 0.1) is 11.3 Å². The Balaban J connectivity index is 3.91.